The molecule has 6 heteroatoms. The lowest BCUT2D eigenvalue weighted by Crippen LogP contribution is -1.93. The maximum absolute atomic E-state index is 5.65. The van der Waals surface area contributed by atoms with Crippen LogP contribution in [0.4, 0.5) is 0 Å². The highest BCUT2D eigenvalue weighted by atomic mass is 35.5. The Labute approximate surface area is 96.7 Å². The Morgan fingerprint density at radius 3 is 2.67 bits per heavy atom. The third-order valence-electron chi connectivity index (χ3n) is 1.78. The van der Waals surface area contributed by atoms with E-state index in [0.717, 1.165) is 15.7 Å². The van der Waals surface area contributed by atoms with Crippen LogP contribution in [0.1, 0.15) is 5.69 Å². The first-order chi connectivity index (χ1) is 7.15. The van der Waals surface area contributed by atoms with E-state index in [9.17, 15) is 0 Å². The minimum atomic E-state index is 0.403. The maximum Gasteiger partial charge on any atom is 0.151 e. The van der Waals surface area contributed by atoms with Crippen LogP contribution in [-0.4, -0.2) is 20.0 Å². The van der Waals surface area contributed by atoms with Gasteiger partial charge in [-0.05, 0) is 36.9 Å². The Hall–Kier alpha value is -1.07. The molecule has 0 aliphatic heterocycles. The molecule has 0 atom stereocenters. The summed E-state index contributed by atoms with van der Waals surface area (Å²) in [4.78, 5) is 0. The van der Waals surface area contributed by atoms with E-state index in [1.165, 1.54) is 11.8 Å². The van der Waals surface area contributed by atoms with Crippen LogP contribution in [0.25, 0.3) is 0 Å². The summed E-state index contributed by atoms with van der Waals surface area (Å²) in [6, 6.07) is 5.56. The fourth-order valence-corrected chi connectivity index (χ4v) is 2.08. The van der Waals surface area contributed by atoms with Gasteiger partial charge < -0.3 is 0 Å². The van der Waals surface area contributed by atoms with Crippen LogP contribution in [0.15, 0.2) is 28.3 Å². The number of hydrogen-bond donors (Lipinski definition) is 0. The normalized spacial score (nSPS) is 10.6. The molecule has 15 heavy (non-hydrogen) atoms. The Bertz CT molecular complexity index is 465. The second-order valence-electron chi connectivity index (χ2n) is 3.04. The van der Waals surface area contributed by atoms with Crippen LogP contribution in [0, 0.1) is 6.92 Å². The number of halogens is 1. The molecule has 0 radical (unpaired) electrons. The SMILES string of the molecule is Cc1cc(Sc2ccc(Cl)nn2)n(C)n1. The van der Waals surface area contributed by atoms with Crippen molar-refractivity contribution in [1.82, 2.24) is 20.0 Å². The molecule has 0 saturated heterocycles. The first-order valence-corrected chi connectivity index (χ1v) is 5.52. The average molecular weight is 241 g/mol. The molecular formula is C9H9ClN4S. The smallest absolute Gasteiger partial charge is 0.151 e. The standard InChI is InChI=1S/C9H9ClN4S/c1-6-5-9(14(2)13-6)15-8-4-3-7(10)11-12-8/h3-5H,1-2H3. The van der Waals surface area contributed by atoms with Crippen LogP contribution < -0.4 is 0 Å². The molecule has 0 aromatic carbocycles. The minimum Gasteiger partial charge on any atom is -0.261 e. The van der Waals surface area contributed by atoms with E-state index >= 15 is 0 Å². The van der Waals surface area contributed by atoms with Crippen LogP contribution in [0.5, 0.6) is 0 Å². The fraction of sp³-hybridized carbons (Fsp3) is 0.222. The molecular weight excluding hydrogens is 232 g/mol. The monoisotopic (exact) mass is 240 g/mol. The van der Waals surface area contributed by atoms with Crippen molar-refractivity contribution in [3.05, 3.63) is 29.0 Å². The summed E-state index contributed by atoms with van der Waals surface area (Å²) in [5, 5.41) is 14.2. The molecule has 0 amide bonds. The van der Waals surface area contributed by atoms with Gasteiger partial charge in [0.05, 0.1) is 5.69 Å². The predicted octanol–water partition coefficient (Wildman–Crippen LogP) is 2.32. The summed E-state index contributed by atoms with van der Waals surface area (Å²) in [5.41, 5.74) is 0.988. The lowest BCUT2D eigenvalue weighted by Gasteiger charge is -1.99. The second kappa shape index (κ2) is 4.20. The molecule has 0 saturated carbocycles. The molecule has 0 N–H and O–H groups in total. The zero-order chi connectivity index (χ0) is 10.8. The molecule has 0 bridgehead atoms. The van der Waals surface area contributed by atoms with Gasteiger partial charge in [0.1, 0.15) is 10.1 Å². The van der Waals surface area contributed by atoms with Gasteiger partial charge in [-0.25, -0.2) is 0 Å². The predicted molar refractivity (Wildman–Crippen MR) is 59.1 cm³/mol. The first kappa shape index (κ1) is 10.4. The number of aromatic nitrogens is 4. The molecule has 2 aromatic heterocycles. The van der Waals surface area contributed by atoms with Crippen LogP contribution in [0.3, 0.4) is 0 Å². The number of hydrogen-bond acceptors (Lipinski definition) is 4. The molecule has 2 rings (SSSR count). The molecule has 2 aromatic rings. The first-order valence-electron chi connectivity index (χ1n) is 4.33. The molecule has 0 spiro atoms. The van der Waals surface area contributed by atoms with E-state index in [0.29, 0.717) is 5.15 Å². The van der Waals surface area contributed by atoms with Gasteiger partial charge in [0.25, 0.3) is 0 Å². The summed E-state index contributed by atoms with van der Waals surface area (Å²) in [5.74, 6) is 0. The zero-order valence-corrected chi connectivity index (χ0v) is 9.88. The Morgan fingerprint density at radius 1 is 1.33 bits per heavy atom. The fourth-order valence-electron chi connectivity index (χ4n) is 1.15. The topological polar surface area (TPSA) is 43.6 Å². The summed E-state index contributed by atoms with van der Waals surface area (Å²) < 4.78 is 1.82. The summed E-state index contributed by atoms with van der Waals surface area (Å²) >= 11 is 7.16. The Morgan fingerprint density at radius 2 is 2.13 bits per heavy atom. The maximum atomic E-state index is 5.65. The molecule has 78 valence electrons. The van der Waals surface area contributed by atoms with Crippen molar-refractivity contribution in [3.8, 4) is 0 Å². The zero-order valence-electron chi connectivity index (χ0n) is 8.31. The summed E-state index contributed by atoms with van der Waals surface area (Å²) in [6.45, 7) is 1.96. The molecule has 0 fully saturated rings. The summed E-state index contributed by atoms with van der Waals surface area (Å²) in [6.07, 6.45) is 0. The van der Waals surface area contributed by atoms with Crippen molar-refractivity contribution in [2.75, 3.05) is 0 Å². The van der Waals surface area contributed by atoms with Crippen molar-refractivity contribution in [1.29, 1.82) is 0 Å². The van der Waals surface area contributed by atoms with Crippen LogP contribution >= 0.6 is 23.4 Å². The van der Waals surface area contributed by atoms with Crippen molar-refractivity contribution in [2.45, 2.75) is 17.0 Å². The average Bonchev–Trinajstić information content (AvgIpc) is 2.49. The van der Waals surface area contributed by atoms with Crippen LogP contribution in [-0.2, 0) is 7.05 Å². The van der Waals surface area contributed by atoms with Gasteiger partial charge in [-0.1, -0.05) is 11.6 Å². The highest BCUT2D eigenvalue weighted by Crippen LogP contribution is 2.25. The minimum absolute atomic E-state index is 0.403. The Balaban J connectivity index is 2.21. The number of aryl methyl sites for hydroxylation is 2. The lowest BCUT2D eigenvalue weighted by molar-refractivity contribution is 0.691. The summed E-state index contributed by atoms with van der Waals surface area (Å²) in [7, 11) is 1.90. The van der Waals surface area contributed by atoms with Gasteiger partial charge in [-0.3, -0.25) is 4.68 Å². The van der Waals surface area contributed by atoms with Gasteiger partial charge in [-0.15, -0.1) is 10.2 Å². The van der Waals surface area contributed by atoms with Gasteiger partial charge >= 0.3 is 0 Å². The molecule has 2 heterocycles. The van der Waals surface area contributed by atoms with Gasteiger partial charge in [0.15, 0.2) is 5.15 Å². The van der Waals surface area contributed by atoms with Gasteiger partial charge in [0.2, 0.25) is 0 Å². The van der Waals surface area contributed by atoms with Gasteiger partial charge in [0, 0.05) is 7.05 Å². The molecule has 0 aliphatic carbocycles. The highest BCUT2D eigenvalue weighted by Gasteiger charge is 2.05. The van der Waals surface area contributed by atoms with Crippen LogP contribution in [0.2, 0.25) is 5.15 Å². The van der Waals surface area contributed by atoms with E-state index in [4.69, 9.17) is 11.6 Å². The number of nitrogens with zero attached hydrogens (tertiary/aromatic N) is 4. The molecule has 4 nitrogen and oxygen atoms in total. The second-order valence-corrected chi connectivity index (χ2v) is 4.47. The lowest BCUT2D eigenvalue weighted by atomic mass is 10.5. The van der Waals surface area contributed by atoms with E-state index in [1.54, 1.807) is 6.07 Å². The van der Waals surface area contributed by atoms with Crippen molar-refractivity contribution >= 4 is 23.4 Å². The quantitative estimate of drug-likeness (QED) is 0.808. The van der Waals surface area contributed by atoms with Crippen molar-refractivity contribution in [2.24, 2.45) is 7.05 Å². The van der Waals surface area contributed by atoms with E-state index < -0.39 is 0 Å². The third-order valence-corrected chi connectivity index (χ3v) is 3.00. The number of rotatable bonds is 2. The largest absolute Gasteiger partial charge is 0.261 e. The highest BCUT2D eigenvalue weighted by molar-refractivity contribution is 7.99. The van der Waals surface area contributed by atoms with Crippen molar-refractivity contribution in [3.63, 3.8) is 0 Å². The van der Waals surface area contributed by atoms with Gasteiger partial charge in [-0.2, -0.15) is 5.10 Å². The van der Waals surface area contributed by atoms with E-state index in [2.05, 4.69) is 15.3 Å². The molecule has 0 aliphatic rings. The Kier molecular flexibility index (Phi) is 2.93. The van der Waals surface area contributed by atoms with E-state index in [-0.39, 0.29) is 0 Å². The third kappa shape index (κ3) is 2.49. The van der Waals surface area contributed by atoms with E-state index in [1.807, 2.05) is 30.8 Å². The molecule has 0 unspecified atom stereocenters. The van der Waals surface area contributed by atoms with Crippen molar-refractivity contribution < 1.29 is 0 Å².